The molecule has 1 amide bonds. The van der Waals surface area contributed by atoms with Crippen molar-refractivity contribution in [1.29, 1.82) is 0 Å². The number of nitrogens with one attached hydrogen (secondary N) is 2. The van der Waals surface area contributed by atoms with Crippen LogP contribution in [-0.2, 0) is 4.79 Å². The first-order chi connectivity index (χ1) is 20.3. The average Bonchev–Trinajstić information content (AvgIpc) is 3.47. The molecule has 3 aromatic carbocycles. The maximum Gasteiger partial charge on any atom is 0.226 e. The van der Waals surface area contributed by atoms with E-state index in [2.05, 4.69) is 51.9 Å². The highest BCUT2D eigenvalue weighted by Gasteiger charge is 2.41. The zero-order valence-corrected chi connectivity index (χ0v) is 25.3. The van der Waals surface area contributed by atoms with E-state index < -0.39 is 0 Å². The summed E-state index contributed by atoms with van der Waals surface area (Å²) in [6, 6.07) is 27.8. The summed E-state index contributed by atoms with van der Waals surface area (Å²) < 4.78 is 2.25. The van der Waals surface area contributed by atoms with Crippen molar-refractivity contribution in [2.75, 3.05) is 11.9 Å². The van der Waals surface area contributed by atoms with E-state index in [9.17, 15) is 4.79 Å². The van der Waals surface area contributed by atoms with Gasteiger partial charge in [0.2, 0.25) is 5.91 Å². The number of thiocarbonyl (C=S) groups is 1. The highest BCUT2D eigenvalue weighted by atomic mass is 35.5. The lowest BCUT2D eigenvalue weighted by molar-refractivity contribution is -0.116. The minimum Gasteiger partial charge on any atom is -0.352 e. The normalized spacial score (nSPS) is 16.6. The Morgan fingerprint density at radius 2 is 1.79 bits per heavy atom. The summed E-state index contributed by atoms with van der Waals surface area (Å²) in [5.41, 5.74) is 7.22. The Bertz CT molecular complexity index is 1800. The third-order valence-corrected chi connectivity index (χ3v) is 8.63. The number of halogens is 1. The van der Waals surface area contributed by atoms with Gasteiger partial charge in [0.05, 0.1) is 17.8 Å². The highest BCUT2D eigenvalue weighted by Crippen LogP contribution is 2.42. The Kier molecular flexibility index (Phi) is 7.71. The van der Waals surface area contributed by atoms with Crippen LogP contribution < -0.4 is 10.6 Å². The van der Waals surface area contributed by atoms with Gasteiger partial charge in [-0.1, -0.05) is 60.1 Å². The lowest BCUT2D eigenvalue weighted by Gasteiger charge is -2.28. The monoisotopic (exact) mass is 593 g/mol. The predicted molar refractivity (Wildman–Crippen MR) is 174 cm³/mol. The van der Waals surface area contributed by atoms with Crippen molar-refractivity contribution in [1.82, 2.24) is 19.8 Å². The van der Waals surface area contributed by atoms with Crippen LogP contribution in [0.3, 0.4) is 0 Å². The Morgan fingerprint density at radius 1 is 1.00 bits per heavy atom. The Morgan fingerprint density at radius 3 is 2.60 bits per heavy atom. The topological polar surface area (TPSA) is 62.2 Å². The molecule has 0 unspecified atom stereocenters. The molecule has 42 heavy (non-hydrogen) atoms. The second-order valence-corrected chi connectivity index (χ2v) is 11.6. The Hall–Kier alpha value is -4.20. The minimum absolute atomic E-state index is 0.0609. The number of benzene rings is 3. The van der Waals surface area contributed by atoms with Crippen LogP contribution in [0.4, 0.5) is 5.69 Å². The third-order valence-electron chi connectivity index (χ3n) is 8.04. The van der Waals surface area contributed by atoms with Gasteiger partial charge in [0.1, 0.15) is 0 Å². The van der Waals surface area contributed by atoms with Crippen molar-refractivity contribution < 1.29 is 4.79 Å². The molecule has 1 aliphatic rings. The summed E-state index contributed by atoms with van der Waals surface area (Å²) in [6.45, 7) is 6.78. The number of amides is 1. The maximum atomic E-state index is 13.3. The van der Waals surface area contributed by atoms with E-state index in [1.807, 2.05) is 78.9 Å². The van der Waals surface area contributed by atoms with Crippen molar-refractivity contribution in [3.8, 4) is 5.69 Å². The fraction of sp³-hybridized carbons (Fsp3) is 0.206. The van der Waals surface area contributed by atoms with Gasteiger partial charge < -0.3 is 20.1 Å². The van der Waals surface area contributed by atoms with Crippen LogP contribution in [0, 0.1) is 20.8 Å². The standard InChI is InChI=1S/C34H32ClN5OS/c1-21-14-15-25(35)20-30(21)40-22(2)19-27(23(40)3)33-32(29-12-6-7-17-36-29)38-34(42)39(33)18-16-31(41)37-28-13-8-10-24-9-4-5-11-26(24)28/h4-15,17,19-20,32-33H,16,18H2,1-3H3,(H,37,41)(H,38,42)/t32-,33-/m0/s1. The summed E-state index contributed by atoms with van der Waals surface area (Å²) in [5, 5.41) is 10.0. The van der Waals surface area contributed by atoms with E-state index >= 15 is 0 Å². The number of hydrogen-bond acceptors (Lipinski definition) is 3. The summed E-state index contributed by atoms with van der Waals surface area (Å²) in [7, 11) is 0. The van der Waals surface area contributed by atoms with Gasteiger partial charge in [0, 0.05) is 52.3 Å². The number of nitrogens with zero attached hydrogens (tertiary/aromatic N) is 3. The van der Waals surface area contributed by atoms with Crippen LogP contribution in [0.1, 0.15) is 46.7 Å². The van der Waals surface area contributed by atoms with E-state index in [4.69, 9.17) is 23.8 Å². The van der Waals surface area contributed by atoms with Crippen LogP contribution in [-0.4, -0.2) is 32.0 Å². The minimum atomic E-state index is -0.172. The molecule has 1 fully saturated rings. The van der Waals surface area contributed by atoms with Gasteiger partial charge in [-0.05, 0) is 85.9 Å². The van der Waals surface area contributed by atoms with E-state index in [1.165, 1.54) is 0 Å². The molecule has 3 heterocycles. The van der Waals surface area contributed by atoms with Crippen LogP contribution in [0.15, 0.2) is 91.1 Å². The SMILES string of the molecule is Cc1ccc(Cl)cc1-n1c(C)cc([C@H]2[C@H](c3ccccn3)NC(=S)N2CCC(=O)Nc2cccc3ccccc23)c1C. The molecule has 0 spiro atoms. The van der Waals surface area contributed by atoms with Crippen molar-refractivity contribution >= 4 is 51.3 Å². The highest BCUT2D eigenvalue weighted by molar-refractivity contribution is 7.80. The van der Waals surface area contributed by atoms with E-state index in [0.29, 0.717) is 16.7 Å². The van der Waals surface area contributed by atoms with Crippen molar-refractivity contribution in [2.24, 2.45) is 0 Å². The Balaban J connectivity index is 1.33. The molecule has 2 N–H and O–H groups in total. The smallest absolute Gasteiger partial charge is 0.226 e. The number of carbonyl (C=O) groups excluding carboxylic acids is 1. The van der Waals surface area contributed by atoms with Crippen LogP contribution in [0.25, 0.3) is 16.5 Å². The molecule has 2 atom stereocenters. The second-order valence-electron chi connectivity index (χ2n) is 10.7. The zero-order valence-electron chi connectivity index (χ0n) is 23.8. The summed E-state index contributed by atoms with van der Waals surface area (Å²) in [6.07, 6.45) is 2.08. The number of carbonyl (C=O) groups is 1. The molecule has 1 saturated heterocycles. The van der Waals surface area contributed by atoms with E-state index in [1.54, 1.807) is 6.20 Å². The van der Waals surface area contributed by atoms with Crippen LogP contribution >= 0.6 is 23.8 Å². The number of aromatic nitrogens is 2. The molecule has 0 saturated carbocycles. The van der Waals surface area contributed by atoms with Crippen LogP contribution in [0.2, 0.25) is 5.02 Å². The number of pyridine rings is 1. The molecule has 0 radical (unpaired) electrons. The van der Waals surface area contributed by atoms with Gasteiger partial charge in [-0.25, -0.2) is 0 Å². The number of hydrogen-bond donors (Lipinski definition) is 2. The van der Waals surface area contributed by atoms with E-state index in [0.717, 1.165) is 50.4 Å². The summed E-state index contributed by atoms with van der Waals surface area (Å²) >= 11 is 12.3. The zero-order chi connectivity index (χ0) is 29.4. The molecule has 2 aromatic heterocycles. The average molecular weight is 594 g/mol. The molecule has 6 rings (SSSR count). The fourth-order valence-corrected chi connectivity index (χ4v) is 6.53. The van der Waals surface area contributed by atoms with Gasteiger partial charge in [-0.2, -0.15) is 0 Å². The molecule has 0 aliphatic carbocycles. The predicted octanol–water partition coefficient (Wildman–Crippen LogP) is 7.61. The number of aryl methyl sites for hydroxylation is 2. The number of rotatable bonds is 7. The molecule has 8 heteroatoms. The lowest BCUT2D eigenvalue weighted by atomic mass is 9.96. The third kappa shape index (κ3) is 5.26. The fourth-order valence-electron chi connectivity index (χ4n) is 6.04. The Labute approximate surface area is 256 Å². The largest absolute Gasteiger partial charge is 0.352 e. The molecule has 6 nitrogen and oxygen atoms in total. The maximum absolute atomic E-state index is 13.3. The molecule has 0 bridgehead atoms. The lowest BCUT2D eigenvalue weighted by Crippen LogP contribution is -2.33. The van der Waals surface area contributed by atoms with Gasteiger partial charge in [-0.15, -0.1) is 0 Å². The molecule has 1 aliphatic heterocycles. The van der Waals surface area contributed by atoms with Crippen molar-refractivity contribution in [3.05, 3.63) is 124 Å². The van der Waals surface area contributed by atoms with Crippen molar-refractivity contribution in [3.63, 3.8) is 0 Å². The van der Waals surface area contributed by atoms with Gasteiger partial charge in [0.25, 0.3) is 0 Å². The second kappa shape index (κ2) is 11.6. The molecule has 212 valence electrons. The van der Waals surface area contributed by atoms with Gasteiger partial charge >= 0.3 is 0 Å². The summed E-state index contributed by atoms with van der Waals surface area (Å²) in [5.74, 6) is -0.0609. The van der Waals surface area contributed by atoms with Gasteiger partial charge in [0.15, 0.2) is 5.11 Å². The van der Waals surface area contributed by atoms with E-state index in [-0.39, 0.29) is 24.4 Å². The first-order valence-electron chi connectivity index (χ1n) is 14.0. The van der Waals surface area contributed by atoms with Crippen LogP contribution in [0.5, 0.6) is 0 Å². The summed E-state index contributed by atoms with van der Waals surface area (Å²) in [4.78, 5) is 20.1. The quantitative estimate of drug-likeness (QED) is 0.190. The number of anilines is 1. The van der Waals surface area contributed by atoms with Gasteiger partial charge in [-0.3, -0.25) is 9.78 Å². The van der Waals surface area contributed by atoms with Crippen molar-refractivity contribution in [2.45, 2.75) is 39.3 Å². The molecular weight excluding hydrogens is 562 g/mol. The first kappa shape index (κ1) is 27.9. The molecule has 5 aromatic rings. The molecular formula is C34H32ClN5OS. The first-order valence-corrected chi connectivity index (χ1v) is 14.8. The number of fused-ring (bicyclic) bond motifs is 1.